The Kier molecular flexibility index (Phi) is 6.25. The van der Waals surface area contributed by atoms with Gasteiger partial charge in [-0.15, -0.1) is 0 Å². The lowest BCUT2D eigenvalue weighted by Gasteiger charge is -2.24. The Morgan fingerprint density at radius 2 is 2.19 bits per heavy atom. The van der Waals surface area contributed by atoms with Crippen LogP contribution in [0.1, 0.15) is 27.2 Å². The summed E-state index contributed by atoms with van der Waals surface area (Å²) in [6, 6.07) is 0.0886. The highest BCUT2D eigenvalue weighted by molar-refractivity contribution is 7.98. The van der Waals surface area contributed by atoms with Crippen LogP contribution in [-0.2, 0) is 4.79 Å². The minimum absolute atomic E-state index is 0.0814. The maximum atomic E-state index is 11.8. The molecule has 0 heterocycles. The number of amidine groups is 1. The molecule has 0 rings (SSSR count). The van der Waals surface area contributed by atoms with Gasteiger partial charge in [-0.05, 0) is 39.2 Å². The topological polar surface area (TPSA) is 87.7 Å². The molecule has 5 nitrogen and oxygen atoms in total. The lowest BCUT2D eigenvalue weighted by atomic mass is 9.90. The van der Waals surface area contributed by atoms with E-state index in [1.165, 1.54) is 0 Å². The molecule has 1 amide bonds. The van der Waals surface area contributed by atoms with Crippen LogP contribution in [0.4, 0.5) is 0 Å². The molecule has 0 aliphatic rings. The van der Waals surface area contributed by atoms with Crippen molar-refractivity contribution < 1.29 is 10.0 Å². The highest BCUT2D eigenvalue weighted by atomic mass is 32.2. The van der Waals surface area contributed by atoms with Crippen molar-refractivity contribution in [2.24, 2.45) is 16.3 Å². The van der Waals surface area contributed by atoms with Crippen LogP contribution in [0, 0.1) is 5.41 Å². The average molecular weight is 247 g/mol. The summed E-state index contributed by atoms with van der Waals surface area (Å²) in [7, 11) is 0. The third kappa shape index (κ3) is 4.30. The molecule has 0 aromatic heterocycles. The first-order valence-electron chi connectivity index (χ1n) is 5.14. The number of nitrogens with zero attached hydrogens (tertiary/aromatic N) is 1. The summed E-state index contributed by atoms with van der Waals surface area (Å²) in [5.41, 5.74) is 4.48. The fraction of sp³-hybridized carbons (Fsp3) is 0.800. The van der Waals surface area contributed by atoms with E-state index in [1.807, 2.05) is 13.2 Å². The van der Waals surface area contributed by atoms with E-state index in [-0.39, 0.29) is 17.8 Å². The van der Waals surface area contributed by atoms with Crippen molar-refractivity contribution in [1.29, 1.82) is 0 Å². The van der Waals surface area contributed by atoms with Crippen molar-refractivity contribution >= 4 is 23.5 Å². The Morgan fingerprint density at radius 3 is 2.62 bits per heavy atom. The van der Waals surface area contributed by atoms with Crippen LogP contribution < -0.4 is 11.1 Å². The number of carbonyl (C=O) groups is 1. The molecule has 0 aromatic rings. The second-order valence-corrected chi connectivity index (χ2v) is 5.25. The van der Waals surface area contributed by atoms with Gasteiger partial charge in [-0.25, -0.2) is 0 Å². The Hall–Kier alpha value is -0.910. The van der Waals surface area contributed by atoms with Crippen molar-refractivity contribution in [2.45, 2.75) is 33.2 Å². The molecule has 0 bridgehead atoms. The summed E-state index contributed by atoms with van der Waals surface area (Å²) < 4.78 is 0. The van der Waals surface area contributed by atoms with Crippen molar-refractivity contribution in [1.82, 2.24) is 5.32 Å². The molecule has 4 N–H and O–H groups in total. The molecular weight excluding hydrogens is 226 g/mol. The Labute approximate surface area is 101 Å². The lowest BCUT2D eigenvalue weighted by Crippen LogP contribution is -2.48. The van der Waals surface area contributed by atoms with Crippen molar-refractivity contribution in [3.05, 3.63) is 0 Å². The summed E-state index contributed by atoms with van der Waals surface area (Å²) in [6.45, 7) is 5.19. The second kappa shape index (κ2) is 6.62. The van der Waals surface area contributed by atoms with Gasteiger partial charge in [0.15, 0.2) is 5.84 Å². The van der Waals surface area contributed by atoms with Gasteiger partial charge in [-0.1, -0.05) is 5.16 Å². The monoisotopic (exact) mass is 247 g/mol. The van der Waals surface area contributed by atoms with Crippen LogP contribution in [0.15, 0.2) is 5.16 Å². The predicted molar refractivity (Wildman–Crippen MR) is 67.8 cm³/mol. The lowest BCUT2D eigenvalue weighted by molar-refractivity contribution is -0.127. The highest BCUT2D eigenvalue weighted by Crippen LogP contribution is 2.16. The summed E-state index contributed by atoms with van der Waals surface area (Å²) in [4.78, 5) is 11.8. The van der Waals surface area contributed by atoms with Gasteiger partial charge in [0.05, 0.1) is 0 Å². The molecule has 0 aliphatic carbocycles. The third-order valence-corrected chi connectivity index (χ3v) is 3.09. The van der Waals surface area contributed by atoms with Crippen molar-refractivity contribution in [3.8, 4) is 0 Å². The third-order valence-electron chi connectivity index (χ3n) is 2.45. The zero-order valence-corrected chi connectivity index (χ0v) is 11.1. The van der Waals surface area contributed by atoms with Gasteiger partial charge in [-0.2, -0.15) is 11.8 Å². The Bertz CT molecular complexity index is 267. The zero-order valence-electron chi connectivity index (χ0n) is 10.3. The molecule has 1 unspecified atom stereocenters. The normalized spacial score (nSPS) is 14.6. The maximum Gasteiger partial charge on any atom is 0.233 e. The van der Waals surface area contributed by atoms with Crippen molar-refractivity contribution in [2.75, 3.05) is 12.0 Å². The summed E-state index contributed by atoms with van der Waals surface area (Å²) >= 11 is 1.74. The van der Waals surface area contributed by atoms with Crippen LogP contribution in [0.5, 0.6) is 0 Å². The molecule has 0 saturated heterocycles. The van der Waals surface area contributed by atoms with Gasteiger partial charge in [0.2, 0.25) is 5.91 Å². The quantitative estimate of drug-likeness (QED) is 0.283. The standard InChI is InChI=1S/C10H21N3O2S/c1-7(5-6-16-4)12-9(14)10(2,3)8(11)13-15/h7,15H,5-6H2,1-4H3,(H2,11,13)(H,12,14). The van der Waals surface area contributed by atoms with Gasteiger partial charge in [0, 0.05) is 6.04 Å². The Morgan fingerprint density at radius 1 is 1.62 bits per heavy atom. The molecule has 1 atom stereocenters. The molecule has 0 fully saturated rings. The molecule has 0 radical (unpaired) electrons. The molecular formula is C10H21N3O2S. The van der Waals surface area contributed by atoms with E-state index in [0.29, 0.717) is 0 Å². The molecule has 94 valence electrons. The number of amides is 1. The van der Waals surface area contributed by atoms with Gasteiger partial charge in [0.25, 0.3) is 0 Å². The van der Waals surface area contributed by atoms with E-state index in [0.717, 1.165) is 12.2 Å². The Balaban J connectivity index is 4.35. The minimum atomic E-state index is -0.984. The first-order valence-corrected chi connectivity index (χ1v) is 6.53. The van der Waals surface area contributed by atoms with Gasteiger partial charge >= 0.3 is 0 Å². The summed E-state index contributed by atoms with van der Waals surface area (Å²) in [6.07, 6.45) is 2.92. The first-order chi connectivity index (χ1) is 7.36. The number of hydrogen-bond donors (Lipinski definition) is 3. The van der Waals surface area contributed by atoms with Crippen LogP contribution in [0.2, 0.25) is 0 Å². The summed E-state index contributed by atoms with van der Waals surface area (Å²) in [5, 5.41) is 14.3. The molecule has 0 saturated carbocycles. The highest BCUT2D eigenvalue weighted by Gasteiger charge is 2.33. The number of carbonyl (C=O) groups excluding carboxylic acids is 1. The molecule has 0 aromatic carbocycles. The molecule has 6 heteroatoms. The molecule has 16 heavy (non-hydrogen) atoms. The zero-order chi connectivity index (χ0) is 12.8. The second-order valence-electron chi connectivity index (χ2n) is 4.27. The van der Waals surface area contributed by atoms with Crippen LogP contribution in [0.3, 0.4) is 0 Å². The van der Waals surface area contributed by atoms with E-state index >= 15 is 0 Å². The van der Waals surface area contributed by atoms with Gasteiger partial charge in [0.1, 0.15) is 5.41 Å². The van der Waals surface area contributed by atoms with Gasteiger partial charge < -0.3 is 16.3 Å². The number of nitrogens with one attached hydrogen (secondary N) is 1. The first kappa shape index (κ1) is 15.1. The van der Waals surface area contributed by atoms with E-state index < -0.39 is 5.41 Å². The molecule has 0 aliphatic heterocycles. The van der Waals surface area contributed by atoms with E-state index in [2.05, 4.69) is 10.5 Å². The van der Waals surface area contributed by atoms with Gasteiger partial charge in [-0.3, -0.25) is 4.79 Å². The smallest absolute Gasteiger partial charge is 0.233 e. The minimum Gasteiger partial charge on any atom is -0.409 e. The van der Waals surface area contributed by atoms with Crippen molar-refractivity contribution in [3.63, 3.8) is 0 Å². The average Bonchev–Trinajstić information content (AvgIpc) is 2.24. The summed E-state index contributed by atoms with van der Waals surface area (Å²) in [5.74, 6) is 0.685. The van der Waals surface area contributed by atoms with Crippen LogP contribution in [0.25, 0.3) is 0 Å². The number of hydrogen-bond acceptors (Lipinski definition) is 4. The fourth-order valence-electron chi connectivity index (χ4n) is 1.01. The largest absolute Gasteiger partial charge is 0.409 e. The SMILES string of the molecule is CSCCC(C)NC(=O)C(C)(C)C(N)=NO. The number of thioether (sulfide) groups is 1. The number of nitrogens with two attached hydrogens (primary N) is 1. The number of oxime groups is 1. The number of rotatable bonds is 6. The van der Waals surface area contributed by atoms with E-state index in [4.69, 9.17) is 10.9 Å². The predicted octanol–water partition coefficient (Wildman–Crippen LogP) is 1.02. The van der Waals surface area contributed by atoms with Crippen LogP contribution in [-0.4, -0.2) is 35.0 Å². The fourth-order valence-corrected chi connectivity index (χ4v) is 1.60. The van der Waals surface area contributed by atoms with Crippen LogP contribution >= 0.6 is 11.8 Å². The van der Waals surface area contributed by atoms with E-state index in [1.54, 1.807) is 25.6 Å². The van der Waals surface area contributed by atoms with E-state index in [9.17, 15) is 4.79 Å². The molecule has 0 spiro atoms. The maximum absolute atomic E-state index is 11.8.